The number of amides is 1. The van der Waals surface area contributed by atoms with E-state index in [9.17, 15) is 14.7 Å². The summed E-state index contributed by atoms with van der Waals surface area (Å²) in [5.41, 5.74) is 2.06. The molecule has 1 aliphatic carbocycles. The maximum atomic E-state index is 13.2. The number of rotatable bonds is 6. The number of fused-ring (bicyclic) bond motifs is 1. The third kappa shape index (κ3) is 4.59. The molecule has 2 aliphatic rings. The van der Waals surface area contributed by atoms with Crippen LogP contribution in [0.15, 0.2) is 83.7 Å². The van der Waals surface area contributed by atoms with Crippen molar-refractivity contribution in [3.05, 3.63) is 122 Å². The van der Waals surface area contributed by atoms with Crippen molar-refractivity contribution in [2.24, 2.45) is 0 Å². The van der Waals surface area contributed by atoms with Crippen molar-refractivity contribution in [3.8, 4) is 11.5 Å². The number of aliphatic hydroxyl groups is 1. The minimum absolute atomic E-state index is 0.0954. The quantitative estimate of drug-likeness (QED) is 0.371. The van der Waals surface area contributed by atoms with Crippen molar-refractivity contribution in [1.82, 2.24) is 14.9 Å². The van der Waals surface area contributed by atoms with E-state index in [0.29, 0.717) is 52.1 Å². The molecule has 2 heterocycles. The smallest absolute Gasteiger partial charge is 0.256 e. The summed E-state index contributed by atoms with van der Waals surface area (Å²) in [4.78, 5) is 35.7. The highest BCUT2D eigenvalue weighted by Crippen LogP contribution is 2.52. The highest BCUT2D eigenvalue weighted by Gasteiger charge is 2.49. The van der Waals surface area contributed by atoms with Gasteiger partial charge < -0.3 is 19.7 Å². The van der Waals surface area contributed by atoms with Gasteiger partial charge in [-0.2, -0.15) is 0 Å². The zero-order chi connectivity index (χ0) is 26.3. The van der Waals surface area contributed by atoms with Crippen molar-refractivity contribution in [3.63, 3.8) is 0 Å². The summed E-state index contributed by atoms with van der Waals surface area (Å²) in [5, 5.41) is 11.5. The van der Waals surface area contributed by atoms with Gasteiger partial charge in [-0.25, -0.2) is 4.98 Å². The van der Waals surface area contributed by atoms with Crippen LogP contribution in [0, 0.1) is 0 Å². The molecule has 1 fully saturated rings. The normalized spacial score (nSPS) is 16.4. The second-order valence-corrected chi connectivity index (χ2v) is 10.3. The lowest BCUT2D eigenvalue weighted by molar-refractivity contribution is -0.141. The van der Waals surface area contributed by atoms with E-state index in [1.807, 2.05) is 54.6 Å². The molecule has 192 valence electrons. The fourth-order valence-corrected chi connectivity index (χ4v) is 5.29. The molecule has 8 heteroatoms. The molecular weight excluding hydrogens is 502 g/mol. The number of carbonyl (C=O) groups excluding carboxylic acids is 1. The van der Waals surface area contributed by atoms with Crippen LogP contribution < -0.4 is 10.3 Å². The lowest BCUT2D eigenvalue weighted by Gasteiger charge is -2.30. The van der Waals surface area contributed by atoms with E-state index in [1.54, 1.807) is 24.3 Å². The fourth-order valence-electron chi connectivity index (χ4n) is 5.10. The molecular formula is C30H26ClN3O4. The van der Waals surface area contributed by atoms with E-state index in [1.165, 1.54) is 4.90 Å². The zero-order valence-corrected chi connectivity index (χ0v) is 21.3. The van der Waals surface area contributed by atoms with E-state index >= 15 is 0 Å². The first kappa shape index (κ1) is 24.4. The maximum absolute atomic E-state index is 13.2. The number of para-hydroxylation sites is 1. The number of halogens is 1. The van der Waals surface area contributed by atoms with Gasteiger partial charge in [0, 0.05) is 18.0 Å². The molecule has 3 aromatic carbocycles. The van der Waals surface area contributed by atoms with Gasteiger partial charge in [0.25, 0.3) is 11.5 Å². The second-order valence-electron chi connectivity index (χ2n) is 9.83. The minimum Gasteiger partial charge on any atom is -0.457 e. The minimum atomic E-state index is -1.38. The fraction of sp³-hybridized carbons (Fsp3) is 0.233. The first-order valence-corrected chi connectivity index (χ1v) is 13.0. The van der Waals surface area contributed by atoms with Crippen LogP contribution in [0.5, 0.6) is 11.5 Å². The second kappa shape index (κ2) is 9.74. The Morgan fingerprint density at radius 2 is 1.79 bits per heavy atom. The van der Waals surface area contributed by atoms with Crippen LogP contribution >= 0.6 is 11.6 Å². The van der Waals surface area contributed by atoms with Crippen LogP contribution in [0.1, 0.15) is 47.2 Å². The number of hydrogen-bond acceptors (Lipinski definition) is 5. The lowest BCUT2D eigenvalue weighted by atomic mass is 9.94. The average molecular weight is 528 g/mol. The molecule has 1 unspecified atom stereocenters. The molecule has 1 atom stereocenters. The van der Waals surface area contributed by atoms with E-state index in [4.69, 9.17) is 21.3 Å². The number of ether oxygens (including phenoxy) is 1. The summed E-state index contributed by atoms with van der Waals surface area (Å²) >= 11 is 6.22. The number of benzene rings is 3. The van der Waals surface area contributed by atoms with Crippen molar-refractivity contribution in [2.45, 2.75) is 37.3 Å². The van der Waals surface area contributed by atoms with E-state index in [2.05, 4.69) is 4.98 Å². The van der Waals surface area contributed by atoms with Crippen LogP contribution in [-0.4, -0.2) is 32.4 Å². The maximum Gasteiger partial charge on any atom is 0.256 e. The molecule has 0 saturated heterocycles. The van der Waals surface area contributed by atoms with Crippen LogP contribution in [0.3, 0.4) is 0 Å². The third-order valence-electron chi connectivity index (χ3n) is 7.35. The number of aromatic amines is 1. The van der Waals surface area contributed by atoms with Gasteiger partial charge in [0.2, 0.25) is 0 Å². The van der Waals surface area contributed by atoms with Crippen molar-refractivity contribution >= 4 is 17.5 Å². The molecule has 1 aliphatic heterocycles. The molecule has 1 aromatic heterocycles. The number of aromatic nitrogens is 2. The molecule has 7 nitrogen and oxygen atoms in total. The largest absolute Gasteiger partial charge is 0.457 e. The number of nitrogens with one attached hydrogen (secondary N) is 1. The Morgan fingerprint density at radius 3 is 2.55 bits per heavy atom. The Balaban J connectivity index is 1.20. The summed E-state index contributed by atoms with van der Waals surface area (Å²) in [6.45, 7) is 0.460. The summed E-state index contributed by atoms with van der Waals surface area (Å²) in [6, 6.07) is 23.8. The van der Waals surface area contributed by atoms with Crippen molar-refractivity contribution in [1.29, 1.82) is 0 Å². The van der Waals surface area contributed by atoms with Crippen LogP contribution in [0.25, 0.3) is 0 Å². The van der Waals surface area contributed by atoms with E-state index < -0.39 is 12.0 Å². The van der Waals surface area contributed by atoms with Crippen LogP contribution in [0.4, 0.5) is 0 Å². The number of hydrogen-bond donors (Lipinski definition) is 2. The van der Waals surface area contributed by atoms with Gasteiger partial charge >= 0.3 is 0 Å². The average Bonchev–Trinajstić information content (AvgIpc) is 3.75. The van der Waals surface area contributed by atoms with Crippen molar-refractivity contribution < 1.29 is 14.6 Å². The Hall–Kier alpha value is -3.94. The van der Waals surface area contributed by atoms with Gasteiger partial charge in [0.1, 0.15) is 17.3 Å². The Morgan fingerprint density at radius 1 is 1.03 bits per heavy atom. The number of H-pyrrole nitrogens is 1. The summed E-state index contributed by atoms with van der Waals surface area (Å²) in [5.74, 6) is 1.37. The van der Waals surface area contributed by atoms with Gasteiger partial charge in [0.15, 0.2) is 6.10 Å². The van der Waals surface area contributed by atoms with Gasteiger partial charge in [-0.3, -0.25) is 9.59 Å². The monoisotopic (exact) mass is 527 g/mol. The molecule has 1 amide bonds. The Labute approximate surface area is 224 Å². The van der Waals surface area contributed by atoms with E-state index in [-0.39, 0.29) is 17.5 Å². The molecule has 1 saturated carbocycles. The van der Waals surface area contributed by atoms with Crippen LogP contribution in [-0.2, 0) is 23.2 Å². The van der Waals surface area contributed by atoms with Gasteiger partial charge in [-0.05, 0) is 60.4 Å². The third-order valence-corrected chi connectivity index (χ3v) is 7.58. The first-order valence-electron chi connectivity index (χ1n) is 12.6. The summed E-state index contributed by atoms with van der Waals surface area (Å²) < 4.78 is 5.84. The molecule has 4 aromatic rings. The summed E-state index contributed by atoms with van der Waals surface area (Å²) in [6.07, 6.45) is 0.838. The highest BCUT2D eigenvalue weighted by atomic mass is 35.5. The van der Waals surface area contributed by atoms with E-state index in [0.717, 1.165) is 18.4 Å². The van der Waals surface area contributed by atoms with Gasteiger partial charge in [-0.1, -0.05) is 54.1 Å². The lowest BCUT2D eigenvalue weighted by Crippen LogP contribution is -2.42. The molecule has 0 spiro atoms. The molecule has 2 N–H and O–H groups in total. The van der Waals surface area contributed by atoms with Gasteiger partial charge in [0.05, 0.1) is 23.2 Å². The highest BCUT2D eigenvalue weighted by molar-refractivity contribution is 6.30. The number of carbonyl (C=O) groups is 1. The standard InChI is InChI=1S/C30H26ClN3O4/c31-21-8-5-7-20(17-21)30(13-14-30)29-32-25-12-15-34(18-24(25)27(36)33-29)28(37)26(35)19-6-4-11-23(16-19)38-22-9-2-1-3-10-22/h1-11,16-17,26,35H,12-15,18H2,(H,32,33,36). The SMILES string of the molecule is O=C(C(O)c1cccc(Oc2ccccc2)c1)N1CCc2nc(C3(c4cccc(Cl)c4)CC3)[nH]c(=O)c2C1. The van der Waals surface area contributed by atoms with Crippen molar-refractivity contribution in [2.75, 3.05) is 6.54 Å². The predicted molar refractivity (Wildman–Crippen MR) is 143 cm³/mol. The molecule has 0 radical (unpaired) electrons. The zero-order valence-electron chi connectivity index (χ0n) is 20.6. The van der Waals surface area contributed by atoms with Crippen LogP contribution in [0.2, 0.25) is 5.02 Å². The summed E-state index contributed by atoms with van der Waals surface area (Å²) in [7, 11) is 0. The Bertz CT molecular complexity index is 1570. The Kier molecular flexibility index (Phi) is 6.26. The van der Waals surface area contributed by atoms with Gasteiger partial charge in [-0.15, -0.1) is 0 Å². The molecule has 6 rings (SSSR count). The first-order chi connectivity index (χ1) is 18.4. The predicted octanol–water partition coefficient (Wildman–Crippen LogP) is 4.91. The number of aliphatic hydroxyl groups excluding tert-OH is 1. The molecule has 38 heavy (non-hydrogen) atoms. The molecule has 0 bridgehead atoms. The topological polar surface area (TPSA) is 95.5 Å². The number of nitrogens with zero attached hydrogens (tertiary/aromatic N) is 2.